The summed E-state index contributed by atoms with van der Waals surface area (Å²) in [5.74, 6) is 0.0982. The quantitative estimate of drug-likeness (QED) is 0.396. The van der Waals surface area contributed by atoms with Gasteiger partial charge in [0.25, 0.3) is 5.69 Å². The molecule has 1 aromatic heterocycles. The van der Waals surface area contributed by atoms with E-state index in [0.29, 0.717) is 28.2 Å². The van der Waals surface area contributed by atoms with E-state index in [-0.39, 0.29) is 23.8 Å². The molecule has 28 heavy (non-hydrogen) atoms. The molecule has 0 saturated carbocycles. The van der Waals surface area contributed by atoms with E-state index in [0.717, 1.165) is 0 Å². The largest absolute Gasteiger partial charge is 0.455 e. The van der Waals surface area contributed by atoms with Crippen LogP contribution in [0.5, 0.6) is 0 Å². The van der Waals surface area contributed by atoms with Gasteiger partial charge in [0.15, 0.2) is 0 Å². The van der Waals surface area contributed by atoms with Crippen molar-refractivity contribution < 1.29 is 18.5 Å². The molecule has 0 aliphatic rings. The lowest BCUT2D eigenvalue weighted by atomic mass is 10.1. The van der Waals surface area contributed by atoms with Crippen molar-refractivity contribution >= 4 is 17.8 Å². The molecule has 142 valence electrons. The van der Waals surface area contributed by atoms with Crippen LogP contribution in [0.4, 0.5) is 10.1 Å². The number of nitrogens with one attached hydrogen (secondary N) is 1. The van der Waals surface area contributed by atoms with Crippen LogP contribution >= 0.6 is 0 Å². The molecule has 0 aliphatic carbocycles. The fraction of sp³-hybridized carbons (Fsp3) is 0.100. The smallest absolute Gasteiger partial charge is 0.273 e. The van der Waals surface area contributed by atoms with Crippen molar-refractivity contribution in [3.05, 3.63) is 87.4 Å². The fourth-order valence-electron chi connectivity index (χ4n) is 2.53. The van der Waals surface area contributed by atoms with Crippen molar-refractivity contribution in [1.82, 2.24) is 5.43 Å². The highest BCUT2D eigenvalue weighted by Gasteiger charge is 2.13. The minimum atomic E-state index is -0.444. The zero-order valence-electron chi connectivity index (χ0n) is 14.9. The second-order valence-electron chi connectivity index (χ2n) is 6.06. The minimum Gasteiger partial charge on any atom is -0.455 e. The Balaban J connectivity index is 1.62. The van der Waals surface area contributed by atoms with Crippen LogP contribution in [0.3, 0.4) is 0 Å². The van der Waals surface area contributed by atoms with E-state index in [4.69, 9.17) is 4.42 Å². The summed E-state index contributed by atoms with van der Waals surface area (Å²) in [5.41, 5.74) is 4.16. The Morgan fingerprint density at radius 3 is 2.68 bits per heavy atom. The number of nitro benzene ring substituents is 1. The lowest BCUT2D eigenvalue weighted by molar-refractivity contribution is -0.385. The highest BCUT2D eigenvalue weighted by molar-refractivity contribution is 5.82. The molecule has 0 aliphatic heterocycles. The van der Waals surface area contributed by atoms with E-state index < -0.39 is 4.92 Å². The van der Waals surface area contributed by atoms with Gasteiger partial charge in [0.2, 0.25) is 5.91 Å². The first kappa shape index (κ1) is 19.0. The number of nitrogens with zero attached hydrogens (tertiary/aromatic N) is 2. The Kier molecular flexibility index (Phi) is 5.59. The molecule has 7 nitrogen and oxygen atoms in total. The second-order valence-corrected chi connectivity index (χ2v) is 6.06. The molecule has 0 saturated heterocycles. The number of halogens is 1. The number of benzene rings is 2. The van der Waals surface area contributed by atoms with Crippen LogP contribution in [0.1, 0.15) is 16.9 Å². The molecule has 0 atom stereocenters. The van der Waals surface area contributed by atoms with Crippen molar-refractivity contribution in [3.63, 3.8) is 0 Å². The van der Waals surface area contributed by atoms with Gasteiger partial charge >= 0.3 is 0 Å². The summed E-state index contributed by atoms with van der Waals surface area (Å²) in [5, 5.41) is 14.9. The van der Waals surface area contributed by atoms with Crippen molar-refractivity contribution in [1.29, 1.82) is 0 Å². The second kappa shape index (κ2) is 8.26. The molecule has 0 spiro atoms. The lowest BCUT2D eigenvalue weighted by Crippen LogP contribution is -2.19. The van der Waals surface area contributed by atoms with Crippen LogP contribution < -0.4 is 5.43 Å². The number of hydrazone groups is 1. The first-order valence-electron chi connectivity index (χ1n) is 8.34. The molecule has 1 amide bonds. The van der Waals surface area contributed by atoms with Gasteiger partial charge in [0.1, 0.15) is 17.3 Å². The Labute approximate surface area is 159 Å². The third-order valence-corrected chi connectivity index (χ3v) is 3.98. The van der Waals surface area contributed by atoms with Gasteiger partial charge in [-0.25, -0.2) is 9.82 Å². The number of carbonyl (C=O) groups excluding carboxylic acids is 1. The maximum absolute atomic E-state index is 12.9. The van der Waals surface area contributed by atoms with Crippen LogP contribution in [0.15, 0.2) is 64.1 Å². The van der Waals surface area contributed by atoms with Gasteiger partial charge in [0, 0.05) is 17.2 Å². The van der Waals surface area contributed by atoms with Gasteiger partial charge < -0.3 is 4.42 Å². The molecule has 0 radical (unpaired) electrons. The van der Waals surface area contributed by atoms with Gasteiger partial charge in [-0.05, 0) is 36.8 Å². The number of carbonyl (C=O) groups is 1. The zero-order chi connectivity index (χ0) is 20.1. The van der Waals surface area contributed by atoms with E-state index in [2.05, 4.69) is 10.5 Å². The fourth-order valence-corrected chi connectivity index (χ4v) is 2.53. The Bertz CT molecular complexity index is 1040. The molecule has 0 bridgehead atoms. The van der Waals surface area contributed by atoms with Crippen LogP contribution in [-0.2, 0) is 11.2 Å². The molecule has 1 N–H and O–H groups in total. The van der Waals surface area contributed by atoms with E-state index in [1.807, 2.05) is 0 Å². The van der Waals surface area contributed by atoms with Crippen LogP contribution in [0.25, 0.3) is 11.3 Å². The molecular formula is C20H16FN3O4. The molecule has 3 rings (SSSR count). The molecule has 1 heterocycles. The maximum atomic E-state index is 12.9. The third-order valence-electron chi connectivity index (χ3n) is 3.98. The highest BCUT2D eigenvalue weighted by atomic mass is 19.1. The SMILES string of the molecule is Cc1ccc(-c2ccc(/C=N/NC(=O)Cc3ccc(F)cc3)o2)cc1[N+](=O)[O-]. The van der Waals surface area contributed by atoms with Crippen molar-refractivity contribution in [3.8, 4) is 11.3 Å². The lowest BCUT2D eigenvalue weighted by Gasteiger charge is -2.00. The van der Waals surface area contributed by atoms with Crippen LogP contribution in [0.2, 0.25) is 0 Å². The van der Waals surface area contributed by atoms with Gasteiger partial charge in [-0.1, -0.05) is 24.3 Å². The van der Waals surface area contributed by atoms with Gasteiger partial charge in [-0.3, -0.25) is 14.9 Å². The Morgan fingerprint density at radius 2 is 1.96 bits per heavy atom. The summed E-state index contributed by atoms with van der Waals surface area (Å²) in [4.78, 5) is 22.4. The number of aryl methyl sites for hydroxylation is 1. The summed E-state index contributed by atoms with van der Waals surface area (Å²) in [6, 6.07) is 13.7. The number of hydrogen-bond donors (Lipinski definition) is 1. The summed E-state index contributed by atoms with van der Waals surface area (Å²) >= 11 is 0. The summed E-state index contributed by atoms with van der Waals surface area (Å²) in [6.45, 7) is 1.66. The predicted molar refractivity (Wildman–Crippen MR) is 101 cm³/mol. The zero-order valence-corrected chi connectivity index (χ0v) is 14.9. The predicted octanol–water partition coefficient (Wildman–Crippen LogP) is 4.00. The summed E-state index contributed by atoms with van der Waals surface area (Å²) in [6.07, 6.45) is 1.39. The van der Waals surface area contributed by atoms with E-state index in [1.54, 1.807) is 31.2 Å². The number of furan rings is 1. The summed E-state index contributed by atoms with van der Waals surface area (Å²) in [7, 11) is 0. The molecule has 8 heteroatoms. The van der Waals surface area contributed by atoms with E-state index >= 15 is 0 Å². The first-order chi connectivity index (χ1) is 13.4. The summed E-state index contributed by atoms with van der Waals surface area (Å²) < 4.78 is 18.4. The Hall–Kier alpha value is -3.81. The minimum absolute atomic E-state index is 0.0113. The molecule has 2 aromatic carbocycles. The number of amides is 1. The molecule has 0 fully saturated rings. The van der Waals surface area contributed by atoms with E-state index in [9.17, 15) is 19.3 Å². The van der Waals surface area contributed by atoms with Gasteiger partial charge in [-0.2, -0.15) is 5.10 Å². The Morgan fingerprint density at radius 1 is 1.21 bits per heavy atom. The van der Waals surface area contributed by atoms with Crippen LogP contribution in [0, 0.1) is 22.9 Å². The first-order valence-corrected chi connectivity index (χ1v) is 8.34. The molecular weight excluding hydrogens is 365 g/mol. The van der Waals surface area contributed by atoms with Gasteiger partial charge in [0.05, 0.1) is 17.6 Å². The normalized spacial score (nSPS) is 10.9. The topological polar surface area (TPSA) is 97.7 Å². The average Bonchev–Trinajstić information content (AvgIpc) is 3.12. The monoisotopic (exact) mass is 381 g/mol. The van der Waals surface area contributed by atoms with E-state index in [1.165, 1.54) is 36.5 Å². The maximum Gasteiger partial charge on any atom is 0.273 e. The van der Waals surface area contributed by atoms with Gasteiger partial charge in [-0.15, -0.1) is 0 Å². The number of rotatable bonds is 6. The standard InChI is InChI=1S/C20H16FN3O4/c1-13-2-5-15(11-18(13)24(26)27)19-9-8-17(28-19)12-22-23-20(25)10-14-3-6-16(21)7-4-14/h2-9,11-12H,10H2,1H3,(H,23,25)/b22-12+. The number of hydrogen-bond acceptors (Lipinski definition) is 5. The molecule has 0 unspecified atom stereocenters. The van der Waals surface area contributed by atoms with Crippen molar-refractivity contribution in [2.45, 2.75) is 13.3 Å². The average molecular weight is 381 g/mol. The number of nitro groups is 1. The molecule has 3 aromatic rings. The van der Waals surface area contributed by atoms with Crippen molar-refractivity contribution in [2.24, 2.45) is 5.10 Å². The van der Waals surface area contributed by atoms with Crippen molar-refractivity contribution in [2.75, 3.05) is 0 Å². The highest BCUT2D eigenvalue weighted by Crippen LogP contribution is 2.27. The van der Waals surface area contributed by atoms with Crippen LogP contribution in [-0.4, -0.2) is 17.0 Å². The third kappa shape index (κ3) is 4.67.